The first-order valence-corrected chi connectivity index (χ1v) is 9.78. The van der Waals surface area contributed by atoms with E-state index in [1.165, 1.54) is 23.8 Å². The van der Waals surface area contributed by atoms with Crippen molar-refractivity contribution in [2.75, 3.05) is 33.3 Å². The largest absolute Gasteiger partial charge is 0.469 e. The summed E-state index contributed by atoms with van der Waals surface area (Å²) in [5.74, 6) is -0.313. The lowest BCUT2D eigenvalue weighted by atomic mass is 9.95. The summed E-state index contributed by atoms with van der Waals surface area (Å²) in [4.78, 5) is 27.9. The van der Waals surface area contributed by atoms with Crippen LogP contribution in [0, 0.1) is 6.92 Å². The molecule has 0 N–H and O–H groups in total. The SMILES string of the molecule is COC(=O)CCC(=O)N1CCN(C(c2ccccc2)c2ccc(C)cc2)CC1. The molecule has 1 fully saturated rings. The molecule has 0 aliphatic carbocycles. The number of amides is 1. The van der Waals surface area contributed by atoms with Crippen molar-refractivity contribution in [1.82, 2.24) is 9.80 Å². The number of esters is 1. The van der Waals surface area contributed by atoms with Gasteiger partial charge in [0.05, 0.1) is 19.6 Å². The molecule has 28 heavy (non-hydrogen) atoms. The third-order valence-electron chi connectivity index (χ3n) is 5.31. The van der Waals surface area contributed by atoms with Gasteiger partial charge < -0.3 is 9.64 Å². The van der Waals surface area contributed by atoms with Crippen molar-refractivity contribution in [1.29, 1.82) is 0 Å². The number of nitrogens with zero attached hydrogens (tertiary/aromatic N) is 2. The molecule has 1 aliphatic heterocycles. The summed E-state index contributed by atoms with van der Waals surface area (Å²) in [5.41, 5.74) is 3.77. The van der Waals surface area contributed by atoms with Crippen molar-refractivity contribution in [2.45, 2.75) is 25.8 Å². The molecule has 2 aromatic carbocycles. The number of rotatable bonds is 6. The van der Waals surface area contributed by atoms with Gasteiger partial charge in [-0.15, -0.1) is 0 Å². The molecule has 1 saturated heterocycles. The van der Waals surface area contributed by atoms with E-state index in [4.69, 9.17) is 0 Å². The van der Waals surface area contributed by atoms with Gasteiger partial charge in [0.25, 0.3) is 0 Å². The Morgan fingerprint density at radius 2 is 1.50 bits per heavy atom. The van der Waals surface area contributed by atoms with Gasteiger partial charge in [-0.05, 0) is 18.1 Å². The maximum absolute atomic E-state index is 12.4. The van der Waals surface area contributed by atoms with Crippen molar-refractivity contribution in [3.05, 3.63) is 71.3 Å². The van der Waals surface area contributed by atoms with Gasteiger partial charge in [-0.2, -0.15) is 0 Å². The molecular formula is C23H28N2O3. The molecule has 0 spiro atoms. The van der Waals surface area contributed by atoms with Gasteiger partial charge in [0, 0.05) is 32.6 Å². The highest BCUT2D eigenvalue weighted by molar-refractivity contribution is 5.81. The highest BCUT2D eigenvalue weighted by atomic mass is 16.5. The van der Waals surface area contributed by atoms with Crippen LogP contribution in [0.2, 0.25) is 0 Å². The van der Waals surface area contributed by atoms with E-state index in [9.17, 15) is 9.59 Å². The standard InChI is InChI=1S/C23H28N2O3/c1-18-8-10-20(11-9-18)23(19-6-4-3-5-7-19)25-16-14-24(15-17-25)21(26)12-13-22(27)28-2/h3-11,23H,12-17H2,1-2H3. The summed E-state index contributed by atoms with van der Waals surface area (Å²) in [6.07, 6.45) is 0.359. The van der Waals surface area contributed by atoms with E-state index in [-0.39, 0.29) is 30.8 Å². The third kappa shape index (κ3) is 4.98. The molecular weight excluding hydrogens is 352 g/mol. The van der Waals surface area contributed by atoms with E-state index in [0.29, 0.717) is 13.1 Å². The number of methoxy groups -OCH3 is 1. The van der Waals surface area contributed by atoms with Crippen LogP contribution in [-0.2, 0) is 14.3 Å². The van der Waals surface area contributed by atoms with Gasteiger partial charge in [-0.1, -0.05) is 60.2 Å². The van der Waals surface area contributed by atoms with Gasteiger partial charge >= 0.3 is 5.97 Å². The van der Waals surface area contributed by atoms with Crippen molar-refractivity contribution in [3.8, 4) is 0 Å². The predicted molar refractivity (Wildman–Crippen MR) is 109 cm³/mol. The molecule has 1 aliphatic rings. The Morgan fingerprint density at radius 3 is 2.11 bits per heavy atom. The maximum atomic E-state index is 12.4. The smallest absolute Gasteiger partial charge is 0.306 e. The Bertz CT molecular complexity index is 781. The van der Waals surface area contributed by atoms with Gasteiger partial charge in [0.1, 0.15) is 0 Å². The van der Waals surface area contributed by atoms with Crippen molar-refractivity contribution in [3.63, 3.8) is 0 Å². The molecule has 2 aromatic rings. The number of carbonyl (C=O) groups excluding carboxylic acids is 2. The number of benzene rings is 2. The fourth-order valence-corrected chi connectivity index (χ4v) is 3.70. The Labute approximate surface area is 166 Å². The number of carbonyl (C=O) groups is 2. The van der Waals surface area contributed by atoms with E-state index < -0.39 is 0 Å². The van der Waals surface area contributed by atoms with Crippen molar-refractivity contribution < 1.29 is 14.3 Å². The highest BCUT2D eigenvalue weighted by Gasteiger charge is 2.28. The molecule has 5 heteroatoms. The molecule has 0 saturated carbocycles. The molecule has 1 heterocycles. The molecule has 1 amide bonds. The second-order valence-corrected chi connectivity index (χ2v) is 7.22. The van der Waals surface area contributed by atoms with E-state index in [1.807, 2.05) is 11.0 Å². The van der Waals surface area contributed by atoms with Crippen LogP contribution in [0.3, 0.4) is 0 Å². The number of ether oxygens (including phenoxy) is 1. The number of aryl methyl sites for hydroxylation is 1. The lowest BCUT2D eigenvalue weighted by Crippen LogP contribution is -2.49. The number of hydrogen-bond donors (Lipinski definition) is 0. The summed E-state index contributed by atoms with van der Waals surface area (Å²) in [6.45, 7) is 5.05. The fourth-order valence-electron chi connectivity index (χ4n) is 3.70. The van der Waals surface area contributed by atoms with Crippen LogP contribution in [-0.4, -0.2) is 55.0 Å². The van der Waals surface area contributed by atoms with E-state index in [2.05, 4.69) is 65.1 Å². The Morgan fingerprint density at radius 1 is 0.893 bits per heavy atom. The first kappa shape index (κ1) is 20.1. The topological polar surface area (TPSA) is 49.9 Å². The Balaban J connectivity index is 1.69. The molecule has 0 radical (unpaired) electrons. The van der Waals surface area contributed by atoms with Crippen molar-refractivity contribution in [2.24, 2.45) is 0 Å². The molecule has 0 aromatic heterocycles. The molecule has 1 unspecified atom stereocenters. The summed E-state index contributed by atoms with van der Waals surface area (Å²) in [6, 6.07) is 19.4. The second-order valence-electron chi connectivity index (χ2n) is 7.22. The molecule has 3 rings (SSSR count). The zero-order valence-corrected chi connectivity index (χ0v) is 16.6. The normalized spacial score (nSPS) is 15.9. The van der Waals surface area contributed by atoms with Crippen LogP contribution in [0.4, 0.5) is 0 Å². The first-order valence-electron chi connectivity index (χ1n) is 9.78. The van der Waals surface area contributed by atoms with Crippen LogP contribution in [0.15, 0.2) is 54.6 Å². The van der Waals surface area contributed by atoms with Crippen LogP contribution in [0.1, 0.15) is 35.6 Å². The number of hydrogen-bond acceptors (Lipinski definition) is 4. The average Bonchev–Trinajstić information content (AvgIpc) is 2.74. The van der Waals surface area contributed by atoms with Crippen molar-refractivity contribution >= 4 is 11.9 Å². The van der Waals surface area contributed by atoms with Crippen LogP contribution in [0.5, 0.6) is 0 Å². The second kappa shape index (κ2) is 9.51. The van der Waals surface area contributed by atoms with Crippen LogP contribution < -0.4 is 0 Å². The van der Waals surface area contributed by atoms with Gasteiger partial charge in [0.2, 0.25) is 5.91 Å². The maximum Gasteiger partial charge on any atom is 0.306 e. The zero-order chi connectivity index (χ0) is 19.9. The first-order chi connectivity index (χ1) is 13.6. The van der Waals surface area contributed by atoms with Crippen LogP contribution >= 0.6 is 0 Å². The van der Waals surface area contributed by atoms with E-state index in [0.717, 1.165) is 13.1 Å². The summed E-state index contributed by atoms with van der Waals surface area (Å²) in [7, 11) is 1.35. The van der Waals surface area contributed by atoms with E-state index >= 15 is 0 Å². The minimum absolute atomic E-state index is 0.0247. The lowest BCUT2D eigenvalue weighted by molar-refractivity contribution is -0.144. The average molecular weight is 380 g/mol. The minimum Gasteiger partial charge on any atom is -0.469 e. The fraction of sp³-hybridized carbons (Fsp3) is 0.391. The summed E-state index contributed by atoms with van der Waals surface area (Å²) >= 11 is 0. The zero-order valence-electron chi connectivity index (χ0n) is 16.6. The molecule has 5 nitrogen and oxygen atoms in total. The molecule has 148 valence electrons. The number of piperazine rings is 1. The molecule has 1 atom stereocenters. The van der Waals surface area contributed by atoms with E-state index in [1.54, 1.807) is 0 Å². The summed E-state index contributed by atoms with van der Waals surface area (Å²) in [5, 5.41) is 0. The highest BCUT2D eigenvalue weighted by Crippen LogP contribution is 2.29. The third-order valence-corrected chi connectivity index (χ3v) is 5.31. The quantitative estimate of drug-likeness (QED) is 0.723. The minimum atomic E-state index is -0.338. The van der Waals surface area contributed by atoms with Crippen LogP contribution in [0.25, 0.3) is 0 Å². The molecule has 0 bridgehead atoms. The van der Waals surface area contributed by atoms with Gasteiger partial charge in [0.15, 0.2) is 0 Å². The Kier molecular flexibility index (Phi) is 6.82. The predicted octanol–water partition coefficient (Wildman–Crippen LogP) is 3.18. The van der Waals surface area contributed by atoms with Gasteiger partial charge in [-0.25, -0.2) is 0 Å². The monoisotopic (exact) mass is 380 g/mol. The lowest BCUT2D eigenvalue weighted by Gasteiger charge is -2.40. The summed E-state index contributed by atoms with van der Waals surface area (Å²) < 4.78 is 4.62. The Hall–Kier alpha value is -2.66. The van der Waals surface area contributed by atoms with Gasteiger partial charge in [-0.3, -0.25) is 14.5 Å².